The third-order valence-electron chi connectivity index (χ3n) is 3.84. The lowest BCUT2D eigenvalue weighted by molar-refractivity contribution is 0.415. The summed E-state index contributed by atoms with van der Waals surface area (Å²) in [6, 6.07) is 7.46. The van der Waals surface area contributed by atoms with Crippen molar-refractivity contribution in [3.05, 3.63) is 24.3 Å². The Bertz CT molecular complexity index is 621. The molecular formula is C15H24IN3O3S. The molecule has 1 aliphatic rings. The van der Waals surface area contributed by atoms with Gasteiger partial charge >= 0.3 is 0 Å². The quantitative estimate of drug-likeness (QED) is 0.405. The maximum Gasteiger partial charge on any atom is 0.193 e. The molecule has 0 amide bonds. The van der Waals surface area contributed by atoms with Crippen molar-refractivity contribution in [3.8, 4) is 5.75 Å². The molecule has 1 aromatic carbocycles. The van der Waals surface area contributed by atoms with Gasteiger partial charge in [0.05, 0.1) is 18.6 Å². The molecule has 1 aromatic rings. The number of anilines is 1. The van der Waals surface area contributed by atoms with Crippen molar-refractivity contribution in [2.45, 2.75) is 19.3 Å². The fourth-order valence-corrected chi connectivity index (χ4v) is 4.07. The van der Waals surface area contributed by atoms with Gasteiger partial charge in [0, 0.05) is 18.3 Å². The van der Waals surface area contributed by atoms with Crippen LogP contribution in [-0.2, 0) is 9.84 Å². The van der Waals surface area contributed by atoms with E-state index in [1.54, 1.807) is 7.11 Å². The van der Waals surface area contributed by atoms with Gasteiger partial charge in [0.2, 0.25) is 0 Å². The van der Waals surface area contributed by atoms with Crippen LogP contribution < -0.4 is 15.8 Å². The highest BCUT2D eigenvalue weighted by molar-refractivity contribution is 14.0. The molecule has 0 unspecified atom stereocenters. The molecule has 2 rings (SSSR count). The second-order valence-corrected chi connectivity index (χ2v) is 7.81. The monoisotopic (exact) mass is 453 g/mol. The first kappa shape index (κ1) is 20.0. The third-order valence-corrected chi connectivity index (χ3v) is 5.55. The average Bonchev–Trinajstić information content (AvgIpc) is 2.49. The van der Waals surface area contributed by atoms with E-state index in [4.69, 9.17) is 10.5 Å². The highest BCUT2D eigenvalue weighted by atomic mass is 127. The van der Waals surface area contributed by atoms with Crippen molar-refractivity contribution in [1.29, 1.82) is 0 Å². The Morgan fingerprint density at radius 3 is 2.74 bits per heavy atom. The fourth-order valence-electron chi connectivity index (χ4n) is 2.48. The summed E-state index contributed by atoms with van der Waals surface area (Å²) in [6.45, 7) is 0.605. The van der Waals surface area contributed by atoms with E-state index in [1.165, 1.54) is 0 Å². The summed E-state index contributed by atoms with van der Waals surface area (Å²) in [5, 5.41) is 3.02. The molecule has 1 fully saturated rings. The highest BCUT2D eigenvalue weighted by Crippen LogP contribution is 2.22. The summed E-state index contributed by atoms with van der Waals surface area (Å²) in [5.41, 5.74) is 6.68. The lowest BCUT2D eigenvalue weighted by Crippen LogP contribution is -2.25. The Morgan fingerprint density at radius 1 is 1.39 bits per heavy atom. The number of nitrogens with zero attached hydrogens (tertiary/aromatic N) is 1. The molecule has 0 aliphatic carbocycles. The van der Waals surface area contributed by atoms with Crippen molar-refractivity contribution < 1.29 is 13.2 Å². The van der Waals surface area contributed by atoms with Crippen LogP contribution in [0.4, 0.5) is 5.69 Å². The summed E-state index contributed by atoms with van der Waals surface area (Å²) in [7, 11) is -1.18. The van der Waals surface area contributed by atoms with Gasteiger partial charge in [-0.3, -0.25) is 4.99 Å². The van der Waals surface area contributed by atoms with E-state index in [0.717, 1.165) is 30.7 Å². The Balaban J connectivity index is 0.00000264. The lowest BCUT2D eigenvalue weighted by Gasteiger charge is -2.20. The predicted octanol–water partition coefficient (Wildman–Crippen LogP) is 2.25. The van der Waals surface area contributed by atoms with Crippen LogP contribution in [0.15, 0.2) is 29.3 Å². The van der Waals surface area contributed by atoms with Gasteiger partial charge in [-0.05, 0) is 37.3 Å². The van der Waals surface area contributed by atoms with Gasteiger partial charge in [0.15, 0.2) is 5.96 Å². The number of halogens is 1. The summed E-state index contributed by atoms with van der Waals surface area (Å²) < 4.78 is 27.9. The van der Waals surface area contributed by atoms with Crippen LogP contribution in [0.2, 0.25) is 0 Å². The summed E-state index contributed by atoms with van der Waals surface area (Å²) in [4.78, 5) is 4.30. The van der Waals surface area contributed by atoms with Crippen LogP contribution >= 0.6 is 24.0 Å². The van der Waals surface area contributed by atoms with Crippen LogP contribution in [0, 0.1) is 5.92 Å². The second kappa shape index (κ2) is 9.31. The number of hydrogen-bond donors (Lipinski definition) is 2. The molecule has 0 radical (unpaired) electrons. The number of ether oxygens (including phenoxy) is 1. The van der Waals surface area contributed by atoms with E-state index in [2.05, 4.69) is 10.3 Å². The zero-order valence-electron chi connectivity index (χ0n) is 13.2. The van der Waals surface area contributed by atoms with Crippen LogP contribution in [0.25, 0.3) is 0 Å². The van der Waals surface area contributed by atoms with Crippen molar-refractivity contribution in [2.75, 3.05) is 30.5 Å². The van der Waals surface area contributed by atoms with Crippen LogP contribution in [0.1, 0.15) is 19.3 Å². The zero-order chi connectivity index (χ0) is 16.0. The van der Waals surface area contributed by atoms with Gasteiger partial charge < -0.3 is 15.8 Å². The molecule has 8 heteroatoms. The van der Waals surface area contributed by atoms with E-state index < -0.39 is 9.84 Å². The largest absolute Gasteiger partial charge is 0.497 e. The molecule has 0 saturated carbocycles. The van der Waals surface area contributed by atoms with Crippen molar-refractivity contribution in [3.63, 3.8) is 0 Å². The number of benzene rings is 1. The normalized spacial score (nSPS) is 18.0. The third kappa shape index (κ3) is 6.94. The number of nitrogens with two attached hydrogens (primary N) is 1. The average molecular weight is 453 g/mol. The van der Waals surface area contributed by atoms with E-state index in [1.807, 2.05) is 24.3 Å². The molecule has 0 bridgehead atoms. The number of aliphatic imine (C=N–C) groups is 1. The number of guanidine groups is 1. The Morgan fingerprint density at radius 2 is 2.09 bits per heavy atom. The SMILES string of the molecule is COc1cccc(NC(N)=NCCC2CCS(=O)(=O)CC2)c1.I. The zero-order valence-corrected chi connectivity index (χ0v) is 16.3. The number of methoxy groups -OCH3 is 1. The Kier molecular flexibility index (Phi) is 8.10. The van der Waals surface area contributed by atoms with Crippen molar-refractivity contribution in [2.24, 2.45) is 16.6 Å². The lowest BCUT2D eigenvalue weighted by atomic mass is 9.99. The topological polar surface area (TPSA) is 93.8 Å². The maximum atomic E-state index is 11.4. The van der Waals surface area contributed by atoms with E-state index >= 15 is 0 Å². The molecule has 6 nitrogen and oxygen atoms in total. The molecular weight excluding hydrogens is 429 g/mol. The Hall–Kier alpha value is -1.03. The first-order valence-electron chi connectivity index (χ1n) is 7.40. The molecule has 1 aliphatic heterocycles. The molecule has 0 aromatic heterocycles. The minimum atomic E-state index is -2.79. The van der Waals surface area contributed by atoms with Gasteiger partial charge in [-0.15, -0.1) is 24.0 Å². The first-order valence-corrected chi connectivity index (χ1v) is 9.22. The molecule has 1 heterocycles. The van der Waals surface area contributed by atoms with Crippen molar-refractivity contribution in [1.82, 2.24) is 0 Å². The maximum absolute atomic E-state index is 11.4. The number of hydrogen-bond acceptors (Lipinski definition) is 4. The van der Waals surface area contributed by atoms with Gasteiger partial charge in [-0.2, -0.15) is 0 Å². The summed E-state index contributed by atoms with van der Waals surface area (Å²) >= 11 is 0. The number of sulfone groups is 1. The van der Waals surface area contributed by atoms with Crippen LogP contribution in [0.3, 0.4) is 0 Å². The highest BCUT2D eigenvalue weighted by Gasteiger charge is 2.22. The molecule has 3 N–H and O–H groups in total. The van der Waals surface area contributed by atoms with Crippen molar-refractivity contribution >= 4 is 45.5 Å². The summed E-state index contributed by atoms with van der Waals surface area (Å²) in [6.07, 6.45) is 2.35. The van der Waals surface area contributed by atoms with Crippen LogP contribution in [-0.4, -0.2) is 39.5 Å². The van der Waals surface area contributed by atoms with E-state index in [-0.39, 0.29) is 24.0 Å². The second-order valence-electron chi connectivity index (χ2n) is 5.51. The van der Waals surface area contributed by atoms with E-state index in [0.29, 0.717) is 29.9 Å². The smallest absolute Gasteiger partial charge is 0.193 e. The molecule has 23 heavy (non-hydrogen) atoms. The molecule has 0 atom stereocenters. The fraction of sp³-hybridized carbons (Fsp3) is 0.533. The van der Waals surface area contributed by atoms with Gasteiger partial charge in [0.25, 0.3) is 0 Å². The van der Waals surface area contributed by atoms with Gasteiger partial charge in [-0.25, -0.2) is 8.42 Å². The van der Waals surface area contributed by atoms with Crippen LogP contribution in [0.5, 0.6) is 5.75 Å². The first-order chi connectivity index (χ1) is 10.5. The molecule has 1 saturated heterocycles. The number of nitrogens with one attached hydrogen (secondary N) is 1. The van der Waals surface area contributed by atoms with Gasteiger partial charge in [-0.1, -0.05) is 6.07 Å². The van der Waals surface area contributed by atoms with E-state index in [9.17, 15) is 8.42 Å². The van der Waals surface area contributed by atoms with Gasteiger partial charge in [0.1, 0.15) is 15.6 Å². The Labute approximate surface area is 154 Å². The standard InChI is InChI=1S/C15H23N3O3S.HI/c1-21-14-4-2-3-13(11-14)18-15(16)17-8-5-12-6-9-22(19,20)10-7-12;/h2-4,11-12H,5-10H2,1H3,(H3,16,17,18);1H. The minimum Gasteiger partial charge on any atom is -0.497 e. The minimum absolute atomic E-state index is 0. The number of rotatable bonds is 5. The predicted molar refractivity (Wildman–Crippen MR) is 105 cm³/mol. The molecule has 130 valence electrons. The molecule has 0 spiro atoms. The summed E-state index contributed by atoms with van der Waals surface area (Å²) in [5.74, 6) is 2.15.